The van der Waals surface area contributed by atoms with Crippen LogP contribution in [0.25, 0.3) is 0 Å². The van der Waals surface area contributed by atoms with Gasteiger partial charge in [-0.2, -0.15) is 0 Å². The largest absolute Gasteiger partial charge is 0.390 e. The number of nitrogens with two attached hydrogens (primary N) is 1. The fourth-order valence-electron chi connectivity index (χ4n) is 0.826. The fourth-order valence-corrected chi connectivity index (χ4v) is 0.826. The molecule has 0 bridgehead atoms. The Kier molecular flexibility index (Phi) is 3.19. The Hall–Kier alpha value is -1.43. The van der Waals surface area contributed by atoms with E-state index in [-0.39, 0.29) is 11.6 Å². The van der Waals surface area contributed by atoms with Crippen molar-refractivity contribution in [3.8, 4) is 0 Å². The smallest absolute Gasteiger partial charge is 0.287 e. The van der Waals surface area contributed by atoms with Crippen molar-refractivity contribution in [2.75, 3.05) is 24.2 Å². The number of nitrogens with zero attached hydrogens (tertiary/aromatic N) is 1. The molecule has 6 heteroatoms. The van der Waals surface area contributed by atoms with Gasteiger partial charge in [-0.25, -0.2) is 13.8 Å². The number of aliphatic hydroxyl groups excluding tert-OH is 1. The number of hydrogen-bond acceptors (Lipinski definition) is 4. The highest BCUT2D eigenvalue weighted by molar-refractivity contribution is 5.42. The van der Waals surface area contributed by atoms with Crippen LogP contribution in [0.2, 0.25) is 0 Å². The van der Waals surface area contributed by atoms with Crippen LogP contribution in [0.3, 0.4) is 0 Å². The highest BCUT2D eigenvalue weighted by Crippen LogP contribution is 2.13. The van der Waals surface area contributed by atoms with E-state index in [9.17, 15) is 8.78 Å². The van der Waals surface area contributed by atoms with Crippen LogP contribution in [-0.2, 0) is 0 Å². The van der Waals surface area contributed by atoms with Crippen molar-refractivity contribution >= 4 is 11.6 Å². The van der Waals surface area contributed by atoms with Gasteiger partial charge < -0.3 is 16.2 Å². The molecule has 0 aliphatic heterocycles. The SMILES string of the molecule is Nc1cccc(NCC(F)(F)CO)n1. The van der Waals surface area contributed by atoms with Gasteiger partial charge in [0.1, 0.15) is 18.2 Å². The molecule has 1 aromatic rings. The van der Waals surface area contributed by atoms with Gasteiger partial charge in [-0.05, 0) is 12.1 Å². The van der Waals surface area contributed by atoms with E-state index in [0.717, 1.165) is 0 Å². The number of alkyl halides is 2. The zero-order chi connectivity index (χ0) is 10.6. The third-order valence-electron chi connectivity index (χ3n) is 1.53. The van der Waals surface area contributed by atoms with Crippen molar-refractivity contribution in [1.82, 2.24) is 4.98 Å². The van der Waals surface area contributed by atoms with Crippen molar-refractivity contribution in [2.24, 2.45) is 0 Å². The summed E-state index contributed by atoms with van der Waals surface area (Å²) in [6.45, 7) is -1.86. The lowest BCUT2D eigenvalue weighted by molar-refractivity contribution is -0.0373. The van der Waals surface area contributed by atoms with E-state index in [1.165, 1.54) is 6.07 Å². The number of hydrogen-bond donors (Lipinski definition) is 3. The average Bonchev–Trinajstić information content (AvgIpc) is 2.15. The predicted molar refractivity (Wildman–Crippen MR) is 49.2 cm³/mol. The number of anilines is 2. The van der Waals surface area contributed by atoms with E-state index in [0.29, 0.717) is 0 Å². The second kappa shape index (κ2) is 4.19. The second-order valence-electron chi connectivity index (χ2n) is 2.82. The summed E-state index contributed by atoms with van der Waals surface area (Å²) in [5, 5.41) is 10.7. The number of rotatable bonds is 4. The van der Waals surface area contributed by atoms with Gasteiger partial charge in [-0.15, -0.1) is 0 Å². The minimum atomic E-state index is -3.15. The third kappa shape index (κ3) is 3.14. The van der Waals surface area contributed by atoms with Crippen LogP contribution < -0.4 is 11.1 Å². The molecule has 0 aliphatic carbocycles. The Balaban J connectivity index is 2.54. The zero-order valence-electron chi connectivity index (χ0n) is 7.37. The second-order valence-corrected chi connectivity index (χ2v) is 2.82. The maximum Gasteiger partial charge on any atom is 0.287 e. The molecule has 1 rings (SSSR count). The molecule has 0 amide bonds. The first-order valence-corrected chi connectivity index (χ1v) is 3.98. The molecule has 4 N–H and O–H groups in total. The van der Waals surface area contributed by atoms with Crippen molar-refractivity contribution in [1.29, 1.82) is 0 Å². The van der Waals surface area contributed by atoms with Crippen molar-refractivity contribution < 1.29 is 13.9 Å². The van der Waals surface area contributed by atoms with Gasteiger partial charge in [0.2, 0.25) is 0 Å². The minimum absolute atomic E-state index is 0.252. The molecule has 0 saturated carbocycles. The van der Waals surface area contributed by atoms with Gasteiger partial charge in [0.05, 0.1) is 6.54 Å². The van der Waals surface area contributed by atoms with E-state index in [2.05, 4.69) is 10.3 Å². The first-order valence-electron chi connectivity index (χ1n) is 3.98. The molecule has 0 unspecified atom stereocenters. The van der Waals surface area contributed by atoms with E-state index < -0.39 is 19.1 Å². The molecular weight excluding hydrogens is 192 g/mol. The van der Waals surface area contributed by atoms with Crippen molar-refractivity contribution in [3.63, 3.8) is 0 Å². The molecule has 1 heterocycles. The molecule has 0 aliphatic rings. The lowest BCUT2D eigenvalue weighted by Crippen LogP contribution is -2.31. The molecule has 0 saturated heterocycles. The quantitative estimate of drug-likeness (QED) is 0.673. The summed E-state index contributed by atoms with van der Waals surface area (Å²) < 4.78 is 25.1. The Labute approximate surface area is 79.8 Å². The van der Waals surface area contributed by atoms with Gasteiger partial charge in [0.25, 0.3) is 5.92 Å². The number of nitrogens with one attached hydrogen (secondary N) is 1. The zero-order valence-corrected chi connectivity index (χ0v) is 7.37. The van der Waals surface area contributed by atoms with Crippen LogP contribution in [0, 0.1) is 0 Å². The normalized spacial score (nSPS) is 11.4. The van der Waals surface area contributed by atoms with E-state index in [1.807, 2.05) is 0 Å². The summed E-state index contributed by atoms with van der Waals surface area (Å²) in [5.74, 6) is -2.63. The molecule has 4 nitrogen and oxygen atoms in total. The molecule has 0 radical (unpaired) electrons. The summed E-state index contributed by atoms with van der Waals surface area (Å²) in [4.78, 5) is 3.76. The lowest BCUT2D eigenvalue weighted by Gasteiger charge is -2.14. The van der Waals surface area contributed by atoms with Gasteiger partial charge in [0, 0.05) is 0 Å². The van der Waals surface area contributed by atoms with E-state index in [4.69, 9.17) is 10.8 Å². The summed E-state index contributed by atoms with van der Waals surface area (Å²) in [7, 11) is 0. The van der Waals surface area contributed by atoms with Gasteiger partial charge in [0.15, 0.2) is 0 Å². The molecule has 1 aromatic heterocycles. The molecule has 0 aromatic carbocycles. The Bertz CT molecular complexity index is 306. The minimum Gasteiger partial charge on any atom is -0.390 e. The Morgan fingerprint density at radius 1 is 1.50 bits per heavy atom. The summed E-state index contributed by atoms with van der Waals surface area (Å²) in [6.07, 6.45) is 0. The predicted octanol–water partition coefficient (Wildman–Crippen LogP) is 0.703. The van der Waals surface area contributed by atoms with Gasteiger partial charge >= 0.3 is 0 Å². The molecule has 78 valence electrons. The highest BCUT2D eigenvalue weighted by Gasteiger charge is 2.27. The Morgan fingerprint density at radius 3 is 2.79 bits per heavy atom. The van der Waals surface area contributed by atoms with Crippen LogP contribution in [0.15, 0.2) is 18.2 Å². The third-order valence-corrected chi connectivity index (χ3v) is 1.53. The lowest BCUT2D eigenvalue weighted by atomic mass is 10.3. The summed E-state index contributed by atoms with van der Waals surface area (Å²) in [6, 6.07) is 4.67. The Morgan fingerprint density at radius 2 is 2.21 bits per heavy atom. The first kappa shape index (κ1) is 10.6. The molecule has 14 heavy (non-hydrogen) atoms. The van der Waals surface area contributed by atoms with Gasteiger partial charge in [-0.1, -0.05) is 6.07 Å². The monoisotopic (exact) mass is 203 g/mol. The van der Waals surface area contributed by atoms with E-state index >= 15 is 0 Å². The van der Waals surface area contributed by atoms with Crippen LogP contribution in [0.1, 0.15) is 0 Å². The van der Waals surface area contributed by atoms with Crippen LogP contribution in [0.5, 0.6) is 0 Å². The number of aliphatic hydroxyl groups is 1. The number of pyridine rings is 1. The first-order chi connectivity index (χ1) is 6.53. The highest BCUT2D eigenvalue weighted by atomic mass is 19.3. The maximum absolute atomic E-state index is 12.6. The topological polar surface area (TPSA) is 71.2 Å². The van der Waals surface area contributed by atoms with Crippen molar-refractivity contribution in [2.45, 2.75) is 5.92 Å². The standard InChI is InChI=1S/C8H11F2N3O/c9-8(10,5-14)4-12-7-3-1-2-6(11)13-7/h1-3,14H,4-5H2,(H3,11,12,13). The van der Waals surface area contributed by atoms with Crippen LogP contribution in [0.4, 0.5) is 20.4 Å². The molecule has 0 fully saturated rings. The number of halogens is 2. The van der Waals surface area contributed by atoms with Crippen LogP contribution in [-0.4, -0.2) is 29.2 Å². The van der Waals surface area contributed by atoms with Crippen molar-refractivity contribution in [3.05, 3.63) is 18.2 Å². The summed E-state index contributed by atoms with van der Waals surface area (Å²) >= 11 is 0. The number of nitrogen functional groups attached to an aromatic ring is 1. The van der Waals surface area contributed by atoms with E-state index in [1.54, 1.807) is 12.1 Å². The number of aromatic nitrogens is 1. The average molecular weight is 203 g/mol. The molecular formula is C8H11F2N3O. The van der Waals surface area contributed by atoms with Gasteiger partial charge in [-0.3, -0.25) is 0 Å². The maximum atomic E-state index is 12.6. The molecule has 0 spiro atoms. The summed E-state index contributed by atoms with van der Waals surface area (Å²) in [5.41, 5.74) is 5.34. The van der Waals surface area contributed by atoms with Crippen LogP contribution >= 0.6 is 0 Å². The fraction of sp³-hybridized carbons (Fsp3) is 0.375. The molecule has 0 atom stereocenters.